The first-order chi connectivity index (χ1) is 12.1. The maximum Gasteiger partial charge on any atom is 0.246 e. The lowest BCUT2D eigenvalue weighted by atomic mass is 9.71. The lowest BCUT2D eigenvalue weighted by Gasteiger charge is -2.47. The third-order valence-electron chi connectivity index (χ3n) is 5.57. The maximum atomic E-state index is 12.5. The molecule has 5 heteroatoms. The van der Waals surface area contributed by atoms with E-state index in [4.69, 9.17) is 9.47 Å². The van der Waals surface area contributed by atoms with Crippen LogP contribution in [0.15, 0.2) is 24.3 Å². The summed E-state index contributed by atoms with van der Waals surface area (Å²) in [5.74, 6) is 1.52. The van der Waals surface area contributed by atoms with E-state index in [2.05, 4.69) is 0 Å². The fraction of sp³-hybridized carbons (Fsp3) is 0.550. The molecule has 1 amide bonds. The first-order valence-corrected chi connectivity index (χ1v) is 8.97. The summed E-state index contributed by atoms with van der Waals surface area (Å²) in [6, 6.07) is 5.56. The van der Waals surface area contributed by atoms with Gasteiger partial charge in [-0.2, -0.15) is 0 Å². The van der Waals surface area contributed by atoms with E-state index in [-0.39, 0.29) is 11.8 Å². The number of aliphatic hydroxyl groups is 1. The molecule has 2 aliphatic rings. The molecule has 5 nitrogen and oxygen atoms in total. The highest BCUT2D eigenvalue weighted by molar-refractivity contribution is 5.92. The van der Waals surface area contributed by atoms with Crippen LogP contribution in [0.3, 0.4) is 0 Å². The molecule has 0 spiro atoms. The second kappa shape index (κ2) is 7.48. The first kappa shape index (κ1) is 17.8. The number of methoxy groups -OCH3 is 2. The van der Waals surface area contributed by atoms with Crippen molar-refractivity contribution in [3.63, 3.8) is 0 Å². The van der Waals surface area contributed by atoms with Crippen molar-refractivity contribution in [3.8, 4) is 11.5 Å². The number of amides is 1. The third kappa shape index (κ3) is 3.82. The van der Waals surface area contributed by atoms with Crippen LogP contribution < -0.4 is 9.47 Å². The van der Waals surface area contributed by atoms with E-state index in [1.54, 1.807) is 26.4 Å². The number of carbonyl (C=O) groups excluding carboxylic acids is 1. The molecule has 1 heterocycles. The Morgan fingerprint density at radius 1 is 1.24 bits per heavy atom. The zero-order valence-corrected chi connectivity index (χ0v) is 15.0. The Balaban J connectivity index is 1.65. The highest BCUT2D eigenvalue weighted by Gasteiger charge is 2.43. The van der Waals surface area contributed by atoms with Gasteiger partial charge in [0.15, 0.2) is 11.5 Å². The smallest absolute Gasteiger partial charge is 0.246 e. The minimum absolute atomic E-state index is 0.00223. The predicted octanol–water partition coefficient (Wildman–Crippen LogP) is 2.87. The van der Waals surface area contributed by atoms with Gasteiger partial charge in [0, 0.05) is 25.1 Å². The Hall–Kier alpha value is -2.01. The number of hydrogen-bond donors (Lipinski definition) is 1. The normalized spacial score (nSPS) is 26.4. The SMILES string of the molecule is COc1ccc(/C=C/C(=O)N2CC[C@@]3(O)CCCC[C@H]3C2)cc1OC. The Morgan fingerprint density at radius 2 is 2.04 bits per heavy atom. The van der Waals surface area contributed by atoms with Crippen LogP contribution in [0.2, 0.25) is 0 Å². The summed E-state index contributed by atoms with van der Waals surface area (Å²) in [6.07, 6.45) is 8.23. The molecule has 1 aromatic carbocycles. The molecule has 25 heavy (non-hydrogen) atoms. The maximum absolute atomic E-state index is 12.5. The third-order valence-corrected chi connectivity index (χ3v) is 5.57. The van der Waals surface area contributed by atoms with Crippen LogP contribution in [-0.2, 0) is 4.79 Å². The van der Waals surface area contributed by atoms with Gasteiger partial charge in [-0.3, -0.25) is 4.79 Å². The van der Waals surface area contributed by atoms with Gasteiger partial charge in [-0.1, -0.05) is 18.9 Å². The molecule has 136 valence electrons. The van der Waals surface area contributed by atoms with Crippen molar-refractivity contribution >= 4 is 12.0 Å². The van der Waals surface area contributed by atoms with Crippen molar-refractivity contribution in [2.45, 2.75) is 37.7 Å². The second-order valence-electron chi connectivity index (χ2n) is 7.03. The topological polar surface area (TPSA) is 59.0 Å². The standard InChI is InChI=1S/C20H27NO4/c1-24-17-8-6-15(13-18(17)25-2)7-9-19(22)21-12-11-20(23)10-4-3-5-16(20)14-21/h6-9,13,16,23H,3-5,10-12,14H2,1-2H3/b9-7+/t16-,20-/m0/s1. The van der Waals surface area contributed by atoms with Crippen LogP contribution >= 0.6 is 0 Å². The Bertz CT molecular complexity index is 657. The summed E-state index contributed by atoms with van der Waals surface area (Å²) >= 11 is 0. The number of hydrogen-bond acceptors (Lipinski definition) is 4. The molecule has 0 radical (unpaired) electrons. The summed E-state index contributed by atoms with van der Waals surface area (Å²) in [5.41, 5.74) is 0.333. The van der Waals surface area contributed by atoms with Crippen LogP contribution in [0.1, 0.15) is 37.7 Å². The minimum atomic E-state index is -0.553. The molecule has 1 aromatic rings. The Kier molecular flexibility index (Phi) is 5.33. The number of ether oxygens (including phenoxy) is 2. The van der Waals surface area contributed by atoms with Crippen molar-refractivity contribution in [1.29, 1.82) is 0 Å². The van der Waals surface area contributed by atoms with Gasteiger partial charge in [0.05, 0.1) is 19.8 Å². The fourth-order valence-electron chi connectivity index (χ4n) is 4.00. The van der Waals surface area contributed by atoms with Crippen LogP contribution in [0.25, 0.3) is 6.08 Å². The molecule has 1 aliphatic heterocycles. The number of nitrogens with zero attached hydrogens (tertiary/aromatic N) is 1. The Labute approximate surface area is 149 Å². The second-order valence-corrected chi connectivity index (χ2v) is 7.03. The van der Waals surface area contributed by atoms with E-state index in [0.29, 0.717) is 31.0 Å². The zero-order valence-electron chi connectivity index (χ0n) is 15.0. The van der Waals surface area contributed by atoms with Gasteiger partial charge in [0.1, 0.15) is 0 Å². The van der Waals surface area contributed by atoms with Crippen molar-refractivity contribution in [2.75, 3.05) is 27.3 Å². The van der Waals surface area contributed by atoms with E-state index in [1.807, 2.05) is 23.1 Å². The van der Waals surface area contributed by atoms with E-state index < -0.39 is 5.60 Å². The van der Waals surface area contributed by atoms with Crippen LogP contribution in [0.4, 0.5) is 0 Å². The summed E-state index contributed by atoms with van der Waals surface area (Å²) in [4.78, 5) is 14.4. The fourth-order valence-corrected chi connectivity index (χ4v) is 4.00. The number of benzene rings is 1. The average Bonchev–Trinajstić information content (AvgIpc) is 2.65. The highest BCUT2D eigenvalue weighted by atomic mass is 16.5. The van der Waals surface area contributed by atoms with Crippen LogP contribution in [-0.4, -0.2) is 48.8 Å². The van der Waals surface area contributed by atoms with E-state index in [1.165, 1.54) is 0 Å². The van der Waals surface area contributed by atoms with Gasteiger partial charge in [-0.05, 0) is 43.0 Å². The largest absolute Gasteiger partial charge is 0.493 e. The van der Waals surface area contributed by atoms with E-state index >= 15 is 0 Å². The van der Waals surface area contributed by atoms with Crippen molar-refractivity contribution in [3.05, 3.63) is 29.8 Å². The first-order valence-electron chi connectivity index (χ1n) is 8.97. The summed E-state index contributed by atoms with van der Waals surface area (Å²) in [7, 11) is 3.19. The lowest BCUT2D eigenvalue weighted by Crippen LogP contribution is -2.54. The molecule has 0 bridgehead atoms. The molecule has 2 atom stereocenters. The lowest BCUT2D eigenvalue weighted by molar-refractivity contribution is -0.138. The van der Waals surface area contributed by atoms with Crippen LogP contribution in [0.5, 0.6) is 11.5 Å². The monoisotopic (exact) mass is 345 g/mol. The van der Waals surface area contributed by atoms with Gasteiger partial charge in [0.2, 0.25) is 5.91 Å². The van der Waals surface area contributed by atoms with Gasteiger partial charge in [0.25, 0.3) is 0 Å². The molecule has 3 rings (SSSR count). The van der Waals surface area contributed by atoms with Crippen molar-refractivity contribution < 1.29 is 19.4 Å². The molecule has 0 aromatic heterocycles. The van der Waals surface area contributed by atoms with Crippen molar-refractivity contribution in [2.24, 2.45) is 5.92 Å². The zero-order chi connectivity index (χ0) is 17.9. The molecular weight excluding hydrogens is 318 g/mol. The molecule has 2 fully saturated rings. The van der Waals surface area contributed by atoms with Gasteiger partial charge < -0.3 is 19.5 Å². The molecule has 0 unspecified atom stereocenters. The minimum Gasteiger partial charge on any atom is -0.493 e. The number of carbonyl (C=O) groups is 1. The number of piperidine rings is 1. The van der Waals surface area contributed by atoms with E-state index in [0.717, 1.165) is 31.2 Å². The molecule has 1 aliphatic carbocycles. The van der Waals surface area contributed by atoms with Crippen molar-refractivity contribution in [1.82, 2.24) is 4.90 Å². The summed E-state index contributed by atoms with van der Waals surface area (Å²) in [5, 5.41) is 10.7. The molecule has 1 N–H and O–H groups in total. The summed E-state index contributed by atoms with van der Waals surface area (Å²) < 4.78 is 10.5. The molecular formula is C20H27NO4. The Morgan fingerprint density at radius 3 is 2.80 bits per heavy atom. The van der Waals surface area contributed by atoms with Gasteiger partial charge in [-0.25, -0.2) is 0 Å². The van der Waals surface area contributed by atoms with E-state index in [9.17, 15) is 9.90 Å². The number of rotatable bonds is 4. The summed E-state index contributed by atoms with van der Waals surface area (Å²) in [6.45, 7) is 1.29. The molecule has 1 saturated carbocycles. The number of fused-ring (bicyclic) bond motifs is 1. The van der Waals surface area contributed by atoms with Gasteiger partial charge >= 0.3 is 0 Å². The highest BCUT2D eigenvalue weighted by Crippen LogP contribution is 2.39. The average molecular weight is 345 g/mol. The predicted molar refractivity (Wildman–Crippen MR) is 96.7 cm³/mol. The molecule has 1 saturated heterocycles. The number of likely N-dealkylation sites (tertiary alicyclic amines) is 1. The van der Waals surface area contributed by atoms with Gasteiger partial charge in [-0.15, -0.1) is 0 Å². The quantitative estimate of drug-likeness (QED) is 0.853. The van der Waals surface area contributed by atoms with Crippen LogP contribution in [0, 0.1) is 5.92 Å².